The van der Waals surface area contributed by atoms with Crippen LogP contribution in [0.1, 0.15) is 25.7 Å². The predicted octanol–water partition coefficient (Wildman–Crippen LogP) is 3.16. The lowest BCUT2D eigenvalue weighted by Crippen LogP contribution is -2.40. The molecule has 2 nitrogen and oxygen atoms in total. The highest BCUT2D eigenvalue weighted by atomic mass is 79.9. The molecule has 3 heteroatoms. The molecule has 0 saturated carbocycles. The molecule has 16 heavy (non-hydrogen) atoms. The normalized spacial score (nSPS) is 21.1. The number of benzene rings is 1. The topological polar surface area (TPSA) is 29.3 Å². The van der Waals surface area contributed by atoms with Gasteiger partial charge in [-0.3, -0.25) is 0 Å². The van der Waals surface area contributed by atoms with E-state index in [2.05, 4.69) is 45.1 Å². The molecule has 88 valence electrons. The summed E-state index contributed by atoms with van der Waals surface area (Å²) >= 11 is 3.48. The van der Waals surface area contributed by atoms with Crippen LogP contribution in [0.3, 0.4) is 0 Å². The van der Waals surface area contributed by atoms with E-state index in [-0.39, 0.29) is 0 Å². The Bertz CT molecular complexity index is 321. The standard InChI is InChI=1S/C13H19BrN2/c14-11-4-6-13(7-5-11)16-10-2-1-3-12(16)8-9-15/h4-7,12H,1-3,8-10,15H2. The van der Waals surface area contributed by atoms with Crippen molar-refractivity contribution in [2.45, 2.75) is 31.7 Å². The molecule has 1 aromatic rings. The third kappa shape index (κ3) is 2.77. The number of nitrogens with zero attached hydrogens (tertiary/aromatic N) is 1. The molecule has 1 heterocycles. The Morgan fingerprint density at radius 2 is 2.00 bits per heavy atom. The molecular weight excluding hydrogens is 264 g/mol. The van der Waals surface area contributed by atoms with Crippen molar-refractivity contribution in [3.63, 3.8) is 0 Å². The summed E-state index contributed by atoms with van der Waals surface area (Å²) in [4.78, 5) is 2.52. The van der Waals surface area contributed by atoms with Gasteiger partial charge in [-0.2, -0.15) is 0 Å². The fourth-order valence-electron chi connectivity index (χ4n) is 2.47. The van der Waals surface area contributed by atoms with Crippen molar-refractivity contribution in [3.8, 4) is 0 Å². The maximum Gasteiger partial charge on any atom is 0.0369 e. The van der Waals surface area contributed by atoms with Crippen molar-refractivity contribution in [1.82, 2.24) is 0 Å². The van der Waals surface area contributed by atoms with E-state index in [1.807, 2.05) is 0 Å². The molecular formula is C13H19BrN2. The zero-order chi connectivity index (χ0) is 11.4. The van der Waals surface area contributed by atoms with Crippen LogP contribution in [0.15, 0.2) is 28.7 Å². The summed E-state index contributed by atoms with van der Waals surface area (Å²) in [7, 11) is 0. The van der Waals surface area contributed by atoms with Crippen LogP contribution in [0, 0.1) is 0 Å². The highest BCUT2D eigenvalue weighted by Gasteiger charge is 2.21. The first-order chi connectivity index (χ1) is 7.81. The van der Waals surface area contributed by atoms with Gasteiger partial charge < -0.3 is 10.6 Å². The maximum atomic E-state index is 5.69. The maximum absolute atomic E-state index is 5.69. The Labute approximate surface area is 106 Å². The van der Waals surface area contributed by atoms with E-state index in [1.165, 1.54) is 31.5 Å². The van der Waals surface area contributed by atoms with Crippen molar-refractivity contribution >= 4 is 21.6 Å². The van der Waals surface area contributed by atoms with Crippen molar-refractivity contribution in [2.75, 3.05) is 18.0 Å². The summed E-state index contributed by atoms with van der Waals surface area (Å²) in [5.41, 5.74) is 7.02. The molecule has 1 aromatic carbocycles. The Morgan fingerprint density at radius 3 is 2.69 bits per heavy atom. The number of piperidine rings is 1. The summed E-state index contributed by atoms with van der Waals surface area (Å²) in [6.45, 7) is 1.96. The number of anilines is 1. The van der Waals surface area contributed by atoms with Crippen LogP contribution in [0.5, 0.6) is 0 Å². The Morgan fingerprint density at radius 1 is 1.25 bits per heavy atom. The summed E-state index contributed by atoms with van der Waals surface area (Å²) in [6, 6.07) is 9.25. The molecule has 1 atom stereocenters. The van der Waals surface area contributed by atoms with Crippen molar-refractivity contribution < 1.29 is 0 Å². The first-order valence-corrected chi connectivity index (χ1v) is 6.83. The molecule has 1 saturated heterocycles. The van der Waals surface area contributed by atoms with Crippen LogP contribution in [-0.4, -0.2) is 19.1 Å². The lowest BCUT2D eigenvalue weighted by atomic mass is 9.98. The predicted molar refractivity (Wildman–Crippen MR) is 72.8 cm³/mol. The van der Waals surface area contributed by atoms with Gasteiger partial charge in [-0.15, -0.1) is 0 Å². The third-order valence-electron chi connectivity index (χ3n) is 3.29. The summed E-state index contributed by atoms with van der Waals surface area (Å²) in [6.07, 6.45) is 5.04. The smallest absolute Gasteiger partial charge is 0.0369 e. The molecule has 0 radical (unpaired) electrons. The molecule has 0 spiro atoms. The van der Waals surface area contributed by atoms with E-state index < -0.39 is 0 Å². The number of nitrogens with two attached hydrogens (primary N) is 1. The SMILES string of the molecule is NCCC1CCCCN1c1ccc(Br)cc1. The molecule has 1 unspecified atom stereocenters. The fraction of sp³-hybridized carbons (Fsp3) is 0.538. The lowest BCUT2D eigenvalue weighted by Gasteiger charge is -2.37. The Kier molecular flexibility index (Phi) is 4.24. The third-order valence-corrected chi connectivity index (χ3v) is 3.81. The summed E-state index contributed by atoms with van der Waals surface area (Å²) < 4.78 is 1.14. The summed E-state index contributed by atoms with van der Waals surface area (Å²) in [5, 5.41) is 0. The molecule has 0 bridgehead atoms. The molecule has 1 aliphatic heterocycles. The first-order valence-electron chi connectivity index (χ1n) is 6.03. The van der Waals surface area contributed by atoms with Gasteiger partial charge in [0.15, 0.2) is 0 Å². The zero-order valence-corrected chi connectivity index (χ0v) is 11.1. The second-order valence-electron chi connectivity index (χ2n) is 4.40. The first kappa shape index (κ1) is 11.9. The van der Waals surface area contributed by atoms with Gasteiger partial charge >= 0.3 is 0 Å². The molecule has 2 N–H and O–H groups in total. The summed E-state index contributed by atoms with van der Waals surface area (Å²) in [5.74, 6) is 0. The van der Waals surface area contributed by atoms with Gasteiger partial charge in [0.1, 0.15) is 0 Å². The second kappa shape index (κ2) is 5.69. The molecule has 0 aromatic heterocycles. The second-order valence-corrected chi connectivity index (χ2v) is 5.31. The molecule has 0 aliphatic carbocycles. The van der Waals surface area contributed by atoms with Gasteiger partial charge in [-0.25, -0.2) is 0 Å². The molecule has 0 amide bonds. The van der Waals surface area contributed by atoms with Gasteiger partial charge in [0.25, 0.3) is 0 Å². The number of hydrogen-bond acceptors (Lipinski definition) is 2. The minimum absolute atomic E-state index is 0.639. The van der Waals surface area contributed by atoms with Crippen molar-refractivity contribution in [2.24, 2.45) is 5.73 Å². The van der Waals surface area contributed by atoms with E-state index in [0.29, 0.717) is 6.04 Å². The van der Waals surface area contributed by atoms with Crippen molar-refractivity contribution in [3.05, 3.63) is 28.7 Å². The minimum atomic E-state index is 0.639. The van der Waals surface area contributed by atoms with E-state index >= 15 is 0 Å². The van der Waals surface area contributed by atoms with Crippen LogP contribution in [0.25, 0.3) is 0 Å². The van der Waals surface area contributed by atoms with E-state index in [9.17, 15) is 0 Å². The minimum Gasteiger partial charge on any atom is -0.369 e. The van der Waals surface area contributed by atoms with Gasteiger partial charge in [0, 0.05) is 22.7 Å². The zero-order valence-electron chi connectivity index (χ0n) is 9.53. The van der Waals surface area contributed by atoms with Gasteiger partial charge in [-0.05, 0) is 56.5 Å². The van der Waals surface area contributed by atoms with Crippen LogP contribution >= 0.6 is 15.9 Å². The van der Waals surface area contributed by atoms with Crippen LogP contribution in [-0.2, 0) is 0 Å². The van der Waals surface area contributed by atoms with E-state index in [0.717, 1.165) is 17.4 Å². The highest BCUT2D eigenvalue weighted by Crippen LogP contribution is 2.27. The number of hydrogen-bond donors (Lipinski definition) is 1. The largest absolute Gasteiger partial charge is 0.369 e. The van der Waals surface area contributed by atoms with Crippen LogP contribution in [0.2, 0.25) is 0 Å². The Hall–Kier alpha value is -0.540. The monoisotopic (exact) mass is 282 g/mol. The Balaban J connectivity index is 2.13. The molecule has 1 fully saturated rings. The van der Waals surface area contributed by atoms with Gasteiger partial charge in [-0.1, -0.05) is 15.9 Å². The van der Waals surface area contributed by atoms with E-state index in [1.54, 1.807) is 0 Å². The molecule has 2 rings (SSSR count). The van der Waals surface area contributed by atoms with Gasteiger partial charge in [0.2, 0.25) is 0 Å². The quantitative estimate of drug-likeness (QED) is 0.923. The highest BCUT2D eigenvalue weighted by molar-refractivity contribution is 9.10. The van der Waals surface area contributed by atoms with Crippen molar-refractivity contribution in [1.29, 1.82) is 0 Å². The van der Waals surface area contributed by atoms with Crippen LogP contribution in [0.4, 0.5) is 5.69 Å². The fourth-order valence-corrected chi connectivity index (χ4v) is 2.73. The number of halogens is 1. The average molecular weight is 283 g/mol. The molecule has 1 aliphatic rings. The van der Waals surface area contributed by atoms with Crippen LogP contribution < -0.4 is 10.6 Å². The van der Waals surface area contributed by atoms with E-state index in [4.69, 9.17) is 5.73 Å². The average Bonchev–Trinajstić information content (AvgIpc) is 2.32. The van der Waals surface area contributed by atoms with Gasteiger partial charge in [0.05, 0.1) is 0 Å². The number of rotatable bonds is 3. The lowest BCUT2D eigenvalue weighted by molar-refractivity contribution is 0.442.